The Balaban J connectivity index is 2.23. The van der Waals surface area contributed by atoms with Crippen LogP contribution in [0.15, 0.2) is 20.1 Å². The molecule has 5 nitrogen and oxygen atoms in total. The lowest BCUT2D eigenvalue weighted by molar-refractivity contribution is 0.161. The molecule has 0 amide bonds. The van der Waals surface area contributed by atoms with Crippen LogP contribution in [0.5, 0.6) is 0 Å². The summed E-state index contributed by atoms with van der Waals surface area (Å²) in [6.45, 7) is 1.77. The molecule has 20 heavy (non-hydrogen) atoms. The molecule has 0 unspecified atom stereocenters. The van der Waals surface area contributed by atoms with Crippen molar-refractivity contribution in [1.82, 2.24) is 9.21 Å². The number of hydrogen-bond donors (Lipinski definition) is 1. The van der Waals surface area contributed by atoms with Gasteiger partial charge in [0, 0.05) is 12.6 Å². The van der Waals surface area contributed by atoms with E-state index in [-0.39, 0.29) is 19.2 Å². The molecule has 0 saturated carbocycles. The highest BCUT2D eigenvalue weighted by Crippen LogP contribution is 2.30. The van der Waals surface area contributed by atoms with Gasteiger partial charge in [-0.15, -0.1) is 11.3 Å². The van der Waals surface area contributed by atoms with Gasteiger partial charge in [-0.05, 0) is 61.0 Å². The van der Waals surface area contributed by atoms with Crippen LogP contribution in [0, 0.1) is 0 Å². The van der Waals surface area contributed by atoms with Crippen molar-refractivity contribution in [2.75, 3.05) is 33.3 Å². The minimum absolute atomic E-state index is 0.0239. The Morgan fingerprint density at radius 1 is 1.45 bits per heavy atom. The highest BCUT2D eigenvalue weighted by atomic mass is 79.9. The number of thiophene rings is 1. The lowest BCUT2D eigenvalue weighted by atomic mass is 10.1. The molecule has 114 valence electrons. The van der Waals surface area contributed by atoms with Crippen LogP contribution in [0.1, 0.15) is 12.8 Å². The summed E-state index contributed by atoms with van der Waals surface area (Å²) in [7, 11) is -1.48. The van der Waals surface area contributed by atoms with E-state index in [0.29, 0.717) is 4.21 Å². The van der Waals surface area contributed by atoms with E-state index in [1.165, 1.54) is 15.6 Å². The summed E-state index contributed by atoms with van der Waals surface area (Å²) < 4.78 is 28.0. The molecule has 8 heteroatoms. The first kappa shape index (κ1) is 16.4. The zero-order chi connectivity index (χ0) is 14.8. The third kappa shape index (κ3) is 3.61. The second kappa shape index (κ2) is 6.85. The summed E-state index contributed by atoms with van der Waals surface area (Å²) in [5, 5.41) is 9.21. The molecule has 0 aliphatic carbocycles. The summed E-state index contributed by atoms with van der Waals surface area (Å²) >= 11 is 4.50. The van der Waals surface area contributed by atoms with Crippen LogP contribution in [-0.2, 0) is 10.0 Å². The van der Waals surface area contributed by atoms with Gasteiger partial charge < -0.3 is 10.0 Å². The first-order valence-corrected chi connectivity index (χ1v) is 9.56. The summed E-state index contributed by atoms with van der Waals surface area (Å²) in [4.78, 5) is 2.20. The van der Waals surface area contributed by atoms with Gasteiger partial charge in [-0.1, -0.05) is 0 Å². The van der Waals surface area contributed by atoms with Gasteiger partial charge in [0.1, 0.15) is 4.21 Å². The molecule has 1 aromatic heterocycles. The van der Waals surface area contributed by atoms with E-state index in [1.807, 2.05) is 7.05 Å². The fourth-order valence-corrected chi connectivity index (χ4v) is 6.25. The van der Waals surface area contributed by atoms with E-state index in [9.17, 15) is 13.5 Å². The Morgan fingerprint density at radius 3 is 2.60 bits per heavy atom. The van der Waals surface area contributed by atoms with Gasteiger partial charge in [-0.25, -0.2) is 8.42 Å². The maximum atomic E-state index is 12.7. The average Bonchev–Trinajstić information content (AvgIpc) is 2.84. The number of rotatable bonds is 5. The summed E-state index contributed by atoms with van der Waals surface area (Å²) in [5.74, 6) is 0. The lowest BCUT2D eigenvalue weighted by Gasteiger charge is -2.35. The highest BCUT2D eigenvalue weighted by Gasteiger charge is 2.33. The van der Waals surface area contributed by atoms with Crippen molar-refractivity contribution < 1.29 is 13.5 Å². The first-order chi connectivity index (χ1) is 9.45. The molecule has 0 aromatic carbocycles. The summed E-state index contributed by atoms with van der Waals surface area (Å²) in [5.41, 5.74) is 0. The summed E-state index contributed by atoms with van der Waals surface area (Å²) in [6.07, 6.45) is 1.62. The van der Waals surface area contributed by atoms with Crippen LogP contribution < -0.4 is 0 Å². The van der Waals surface area contributed by atoms with Crippen LogP contribution in [0.3, 0.4) is 0 Å². The predicted octanol–water partition coefficient (Wildman–Crippen LogP) is 1.59. The largest absolute Gasteiger partial charge is 0.395 e. The van der Waals surface area contributed by atoms with E-state index < -0.39 is 10.0 Å². The predicted molar refractivity (Wildman–Crippen MR) is 83.5 cm³/mol. The van der Waals surface area contributed by atoms with Crippen molar-refractivity contribution in [2.45, 2.75) is 23.1 Å². The zero-order valence-electron chi connectivity index (χ0n) is 11.3. The topological polar surface area (TPSA) is 60.9 Å². The van der Waals surface area contributed by atoms with E-state index in [4.69, 9.17) is 0 Å². The second-order valence-electron chi connectivity index (χ2n) is 4.93. The highest BCUT2D eigenvalue weighted by molar-refractivity contribution is 9.11. The first-order valence-electron chi connectivity index (χ1n) is 6.51. The van der Waals surface area contributed by atoms with E-state index in [0.717, 1.165) is 29.7 Å². The SMILES string of the molecule is CN1CCC(N(CCO)S(=O)(=O)c2ccc(Br)s2)CC1. The van der Waals surface area contributed by atoms with Gasteiger partial charge in [-0.2, -0.15) is 4.31 Å². The Hall–Kier alpha value is 0.01000. The summed E-state index contributed by atoms with van der Waals surface area (Å²) in [6, 6.07) is 3.33. The molecule has 1 fully saturated rings. The monoisotopic (exact) mass is 382 g/mol. The normalized spacial score (nSPS) is 18.8. The number of sulfonamides is 1. The quantitative estimate of drug-likeness (QED) is 0.839. The van der Waals surface area contributed by atoms with Gasteiger partial charge in [0.05, 0.1) is 10.4 Å². The molecule has 2 heterocycles. The zero-order valence-corrected chi connectivity index (χ0v) is 14.5. The fourth-order valence-electron chi connectivity index (χ4n) is 2.43. The molecule has 1 aliphatic heterocycles. The molecule has 1 aromatic rings. The maximum absolute atomic E-state index is 12.7. The number of halogens is 1. The third-order valence-electron chi connectivity index (χ3n) is 3.53. The standard InChI is InChI=1S/C12H19BrN2O3S2/c1-14-6-4-10(5-7-14)15(8-9-16)20(17,18)12-3-2-11(13)19-12/h2-3,10,16H,4-9H2,1H3. The molecular formula is C12H19BrN2O3S2. The van der Waals surface area contributed by atoms with Crippen molar-refractivity contribution in [3.8, 4) is 0 Å². The Labute approximate surface area is 132 Å². The number of hydrogen-bond acceptors (Lipinski definition) is 5. The molecule has 1 aliphatic rings. The van der Waals surface area contributed by atoms with Crippen molar-refractivity contribution in [1.29, 1.82) is 0 Å². The van der Waals surface area contributed by atoms with E-state index in [2.05, 4.69) is 20.8 Å². The van der Waals surface area contributed by atoms with Crippen LogP contribution in [-0.4, -0.2) is 62.1 Å². The maximum Gasteiger partial charge on any atom is 0.252 e. The Kier molecular flexibility index (Phi) is 5.61. The smallest absolute Gasteiger partial charge is 0.252 e. The molecular weight excluding hydrogens is 364 g/mol. The lowest BCUT2D eigenvalue weighted by Crippen LogP contribution is -2.47. The molecule has 0 spiro atoms. The van der Waals surface area contributed by atoms with Crippen LogP contribution in [0.4, 0.5) is 0 Å². The van der Waals surface area contributed by atoms with Crippen molar-refractivity contribution in [2.24, 2.45) is 0 Å². The van der Waals surface area contributed by atoms with Crippen LogP contribution >= 0.6 is 27.3 Å². The van der Waals surface area contributed by atoms with Crippen LogP contribution in [0.2, 0.25) is 0 Å². The average molecular weight is 383 g/mol. The number of nitrogens with zero attached hydrogens (tertiary/aromatic N) is 2. The molecule has 0 bridgehead atoms. The van der Waals surface area contributed by atoms with Crippen molar-refractivity contribution >= 4 is 37.3 Å². The second-order valence-corrected chi connectivity index (χ2v) is 9.51. The van der Waals surface area contributed by atoms with E-state index >= 15 is 0 Å². The third-order valence-corrected chi connectivity index (χ3v) is 7.57. The molecule has 1 N–H and O–H groups in total. The van der Waals surface area contributed by atoms with E-state index in [1.54, 1.807) is 12.1 Å². The molecule has 1 saturated heterocycles. The van der Waals surface area contributed by atoms with Crippen molar-refractivity contribution in [3.63, 3.8) is 0 Å². The number of aliphatic hydroxyl groups is 1. The molecule has 2 rings (SSSR count). The number of aliphatic hydroxyl groups excluding tert-OH is 1. The fraction of sp³-hybridized carbons (Fsp3) is 0.667. The number of likely N-dealkylation sites (tertiary alicyclic amines) is 1. The molecule has 0 atom stereocenters. The molecule has 0 radical (unpaired) electrons. The van der Waals surface area contributed by atoms with Crippen molar-refractivity contribution in [3.05, 3.63) is 15.9 Å². The number of piperidine rings is 1. The van der Waals surface area contributed by atoms with Gasteiger partial charge in [0.25, 0.3) is 10.0 Å². The minimum atomic E-state index is -3.52. The van der Waals surface area contributed by atoms with Gasteiger partial charge in [-0.3, -0.25) is 0 Å². The van der Waals surface area contributed by atoms with Crippen LogP contribution in [0.25, 0.3) is 0 Å². The minimum Gasteiger partial charge on any atom is -0.395 e. The van der Waals surface area contributed by atoms with Gasteiger partial charge >= 0.3 is 0 Å². The van der Waals surface area contributed by atoms with Gasteiger partial charge in [0.2, 0.25) is 0 Å². The Morgan fingerprint density at radius 2 is 2.10 bits per heavy atom. The Bertz CT molecular complexity index is 539. The van der Waals surface area contributed by atoms with Gasteiger partial charge in [0.15, 0.2) is 0 Å².